The Balaban J connectivity index is 4.77. The highest BCUT2D eigenvalue weighted by Gasteiger charge is 2.12. The van der Waals surface area contributed by atoms with Crippen molar-refractivity contribution in [3.8, 4) is 6.07 Å². The van der Waals surface area contributed by atoms with E-state index in [0.29, 0.717) is 0 Å². The zero-order valence-corrected chi connectivity index (χ0v) is 7.63. The van der Waals surface area contributed by atoms with Gasteiger partial charge in [0.25, 0.3) is 0 Å². The van der Waals surface area contributed by atoms with Gasteiger partial charge in [-0.1, -0.05) is 0 Å². The van der Waals surface area contributed by atoms with Crippen LogP contribution < -0.4 is 10.7 Å². The molecule has 0 aliphatic rings. The van der Waals surface area contributed by atoms with E-state index >= 15 is 0 Å². The first kappa shape index (κ1) is 11.2. The fourth-order valence-corrected chi connectivity index (χ4v) is 0.633. The number of carbonyl (C=O) groups excluding carboxylic acids is 1. The standard InChI is InChI=1S/C8H11N3O2/c1-3-13-8(12)7(10)6(4-9)5-11-2/h5H,3,10H2,1-2H3/p+1. The van der Waals surface area contributed by atoms with E-state index in [1.165, 1.54) is 6.21 Å². The largest absolute Gasteiger partial charge is 0.461 e. The predicted octanol–water partition coefficient (Wildman–Crippen LogP) is -1.93. The summed E-state index contributed by atoms with van der Waals surface area (Å²) in [7, 11) is 1.61. The van der Waals surface area contributed by atoms with Crippen LogP contribution in [0.2, 0.25) is 0 Å². The SMILES string of the molecule is CCOC(=O)C(N)=C(C#N)C=[NH+]C. The number of ether oxygens (including phenoxy) is 1. The Kier molecular flexibility index (Phi) is 4.96. The molecule has 3 N–H and O–H groups in total. The Morgan fingerprint density at radius 3 is 2.77 bits per heavy atom. The number of hydrogen-bond acceptors (Lipinski definition) is 4. The van der Waals surface area contributed by atoms with Crippen molar-refractivity contribution < 1.29 is 14.5 Å². The zero-order valence-electron chi connectivity index (χ0n) is 7.63. The van der Waals surface area contributed by atoms with Crippen LogP contribution in [-0.4, -0.2) is 25.8 Å². The van der Waals surface area contributed by atoms with Gasteiger partial charge in [0.05, 0.1) is 6.61 Å². The van der Waals surface area contributed by atoms with Crippen LogP contribution in [0.4, 0.5) is 0 Å². The molecule has 0 saturated carbocycles. The lowest BCUT2D eigenvalue weighted by Crippen LogP contribution is -2.63. The Labute approximate surface area is 76.5 Å². The molecule has 0 aromatic rings. The minimum absolute atomic E-state index is 0.0703. The van der Waals surface area contributed by atoms with E-state index in [1.807, 2.05) is 0 Å². The van der Waals surface area contributed by atoms with Crippen molar-refractivity contribution in [2.45, 2.75) is 6.92 Å². The number of allylic oxidation sites excluding steroid dienone is 1. The molecule has 70 valence electrons. The summed E-state index contributed by atoms with van der Waals surface area (Å²) in [5, 5.41) is 8.58. The summed E-state index contributed by atoms with van der Waals surface area (Å²) < 4.78 is 4.61. The van der Waals surface area contributed by atoms with E-state index < -0.39 is 5.97 Å². The molecule has 0 fully saturated rings. The first-order valence-corrected chi connectivity index (χ1v) is 3.74. The number of hydrogen-bond donors (Lipinski definition) is 2. The minimum atomic E-state index is -0.675. The summed E-state index contributed by atoms with van der Waals surface area (Å²) in [6, 6.07) is 1.78. The van der Waals surface area contributed by atoms with E-state index in [1.54, 1.807) is 20.0 Å². The van der Waals surface area contributed by atoms with E-state index in [2.05, 4.69) is 9.73 Å². The summed E-state index contributed by atoms with van der Waals surface area (Å²) in [6.45, 7) is 1.90. The molecular weight excluding hydrogens is 170 g/mol. The lowest BCUT2D eigenvalue weighted by Gasteiger charge is -2.00. The number of rotatable bonds is 3. The van der Waals surface area contributed by atoms with Crippen molar-refractivity contribution >= 4 is 12.2 Å². The Morgan fingerprint density at radius 1 is 1.77 bits per heavy atom. The van der Waals surface area contributed by atoms with Gasteiger partial charge in [0.1, 0.15) is 24.4 Å². The summed E-state index contributed by atoms with van der Waals surface area (Å²) >= 11 is 0. The van der Waals surface area contributed by atoms with Crippen molar-refractivity contribution in [3.05, 3.63) is 11.3 Å². The van der Waals surface area contributed by atoms with Gasteiger partial charge in [0, 0.05) is 0 Å². The summed E-state index contributed by atoms with van der Waals surface area (Å²) in [6.07, 6.45) is 1.34. The Morgan fingerprint density at radius 2 is 2.38 bits per heavy atom. The average Bonchev–Trinajstić information content (AvgIpc) is 2.13. The second kappa shape index (κ2) is 5.77. The Bertz CT molecular complexity index is 286. The molecule has 0 aliphatic carbocycles. The first-order valence-electron chi connectivity index (χ1n) is 3.74. The second-order valence-corrected chi connectivity index (χ2v) is 2.09. The number of nitriles is 1. The molecule has 13 heavy (non-hydrogen) atoms. The molecule has 0 aliphatic heterocycles. The third-order valence-electron chi connectivity index (χ3n) is 1.19. The number of nitrogens with one attached hydrogen (secondary N) is 1. The van der Waals surface area contributed by atoms with Gasteiger partial charge < -0.3 is 10.5 Å². The molecule has 0 unspecified atom stereocenters. The third kappa shape index (κ3) is 3.38. The van der Waals surface area contributed by atoms with Crippen LogP contribution in [-0.2, 0) is 9.53 Å². The van der Waals surface area contributed by atoms with Crippen molar-refractivity contribution in [2.24, 2.45) is 5.73 Å². The molecule has 0 heterocycles. The maximum absolute atomic E-state index is 11.0. The van der Waals surface area contributed by atoms with Crippen LogP contribution in [0.1, 0.15) is 6.92 Å². The summed E-state index contributed by atoms with van der Waals surface area (Å²) in [5.41, 5.74) is 5.24. The first-order chi connectivity index (χ1) is 6.17. The van der Waals surface area contributed by atoms with E-state index in [9.17, 15) is 4.79 Å². The van der Waals surface area contributed by atoms with Crippen molar-refractivity contribution in [1.29, 1.82) is 5.26 Å². The lowest BCUT2D eigenvalue weighted by atomic mass is 10.2. The average molecular weight is 182 g/mol. The van der Waals surface area contributed by atoms with Gasteiger partial charge in [0.15, 0.2) is 6.21 Å². The van der Waals surface area contributed by atoms with Crippen molar-refractivity contribution in [1.82, 2.24) is 0 Å². The molecule has 0 aromatic carbocycles. The number of nitrogens with zero attached hydrogens (tertiary/aromatic N) is 1. The predicted molar refractivity (Wildman–Crippen MR) is 46.4 cm³/mol. The van der Waals surface area contributed by atoms with Gasteiger partial charge in [-0.3, -0.25) is 0 Å². The highest BCUT2D eigenvalue weighted by atomic mass is 16.5. The maximum Gasteiger partial charge on any atom is 0.355 e. The third-order valence-corrected chi connectivity index (χ3v) is 1.19. The van der Waals surface area contributed by atoms with Gasteiger partial charge >= 0.3 is 5.97 Å². The minimum Gasteiger partial charge on any atom is -0.461 e. The Hall–Kier alpha value is -1.83. The van der Waals surface area contributed by atoms with Gasteiger partial charge in [-0.25, -0.2) is 9.79 Å². The molecule has 0 radical (unpaired) electrons. The van der Waals surface area contributed by atoms with Crippen molar-refractivity contribution in [3.63, 3.8) is 0 Å². The fraction of sp³-hybridized carbons (Fsp3) is 0.375. The number of esters is 1. The topological polar surface area (TPSA) is 90.1 Å². The van der Waals surface area contributed by atoms with E-state index in [4.69, 9.17) is 11.0 Å². The molecule has 5 nitrogen and oxygen atoms in total. The quantitative estimate of drug-likeness (QED) is 0.230. The molecule has 0 saturated heterocycles. The molecule has 5 heteroatoms. The molecule has 0 bridgehead atoms. The molecule has 0 aromatic heterocycles. The van der Waals surface area contributed by atoms with Crippen LogP contribution in [0.25, 0.3) is 0 Å². The smallest absolute Gasteiger partial charge is 0.355 e. The molecule has 0 rings (SSSR count). The highest BCUT2D eigenvalue weighted by Crippen LogP contribution is 1.95. The van der Waals surface area contributed by atoms with Crippen LogP contribution in [0.3, 0.4) is 0 Å². The summed E-state index contributed by atoms with van der Waals surface area (Å²) in [4.78, 5) is 13.6. The molecule has 0 atom stereocenters. The van der Waals surface area contributed by atoms with Gasteiger partial charge in [0.2, 0.25) is 0 Å². The van der Waals surface area contributed by atoms with Crippen LogP contribution in [0.15, 0.2) is 11.3 Å². The fourth-order valence-electron chi connectivity index (χ4n) is 0.633. The van der Waals surface area contributed by atoms with E-state index in [0.717, 1.165) is 0 Å². The van der Waals surface area contributed by atoms with Crippen molar-refractivity contribution in [2.75, 3.05) is 13.7 Å². The van der Waals surface area contributed by atoms with E-state index in [-0.39, 0.29) is 17.9 Å². The normalized spacial score (nSPS) is 12.1. The zero-order chi connectivity index (χ0) is 10.3. The highest BCUT2D eigenvalue weighted by molar-refractivity contribution is 5.96. The van der Waals surface area contributed by atoms with Gasteiger partial charge in [-0.15, -0.1) is 0 Å². The molecular formula is C8H12N3O2+. The maximum atomic E-state index is 11.0. The van der Waals surface area contributed by atoms with Crippen LogP contribution >= 0.6 is 0 Å². The molecule has 0 amide bonds. The number of carbonyl (C=O) groups is 1. The van der Waals surface area contributed by atoms with Gasteiger partial charge in [-0.05, 0) is 6.92 Å². The lowest BCUT2D eigenvalue weighted by molar-refractivity contribution is -0.413. The van der Waals surface area contributed by atoms with Crippen LogP contribution in [0.5, 0.6) is 0 Å². The summed E-state index contributed by atoms with van der Waals surface area (Å²) in [5.74, 6) is -0.675. The second-order valence-electron chi connectivity index (χ2n) is 2.09. The number of nitrogens with two attached hydrogens (primary N) is 1. The van der Waals surface area contributed by atoms with Crippen LogP contribution in [0, 0.1) is 11.3 Å². The molecule has 0 spiro atoms. The monoisotopic (exact) mass is 182 g/mol. The van der Waals surface area contributed by atoms with Gasteiger partial charge in [-0.2, -0.15) is 5.26 Å².